The Labute approximate surface area is 151 Å². The van der Waals surface area contributed by atoms with Gasteiger partial charge in [-0.1, -0.05) is 0 Å². The molecule has 25 heavy (non-hydrogen) atoms. The summed E-state index contributed by atoms with van der Waals surface area (Å²) in [6.07, 6.45) is 3.71. The molecule has 0 aliphatic carbocycles. The highest BCUT2D eigenvalue weighted by Gasteiger charge is 2.27. The number of piperidine rings is 1. The molecule has 134 valence electrons. The van der Waals surface area contributed by atoms with Crippen molar-refractivity contribution < 1.29 is 19.0 Å². The number of ether oxygens (including phenoxy) is 3. The van der Waals surface area contributed by atoms with Crippen molar-refractivity contribution >= 4 is 17.2 Å². The topological polar surface area (TPSA) is 60.9 Å². The molecule has 0 atom stereocenters. The number of thiazole rings is 1. The van der Waals surface area contributed by atoms with Crippen LogP contribution in [0.25, 0.3) is 0 Å². The van der Waals surface area contributed by atoms with Crippen LogP contribution in [-0.2, 0) is 0 Å². The zero-order chi connectivity index (χ0) is 17.8. The molecule has 0 bridgehead atoms. The SMILES string of the molecule is COc1cc(C(=O)N2CCC(c3nccs3)CC2)cc(OC)c1OC. The average molecular weight is 362 g/mol. The first-order chi connectivity index (χ1) is 12.2. The fourth-order valence-electron chi connectivity index (χ4n) is 3.15. The molecule has 1 fully saturated rings. The Morgan fingerprint density at radius 2 is 1.76 bits per heavy atom. The van der Waals surface area contributed by atoms with Gasteiger partial charge in [0.05, 0.1) is 26.3 Å². The van der Waals surface area contributed by atoms with Gasteiger partial charge in [0.15, 0.2) is 11.5 Å². The van der Waals surface area contributed by atoms with Crippen LogP contribution in [0, 0.1) is 0 Å². The Kier molecular flexibility index (Phi) is 5.43. The first-order valence-corrected chi connectivity index (χ1v) is 9.04. The van der Waals surface area contributed by atoms with Gasteiger partial charge in [-0.2, -0.15) is 0 Å². The molecule has 3 rings (SSSR count). The van der Waals surface area contributed by atoms with Gasteiger partial charge < -0.3 is 19.1 Å². The number of hydrogen-bond donors (Lipinski definition) is 0. The number of carbonyl (C=O) groups is 1. The summed E-state index contributed by atoms with van der Waals surface area (Å²) in [5.74, 6) is 1.90. The Morgan fingerprint density at radius 1 is 1.12 bits per heavy atom. The fourth-order valence-corrected chi connectivity index (χ4v) is 3.96. The van der Waals surface area contributed by atoms with Gasteiger partial charge in [-0.05, 0) is 25.0 Å². The molecule has 0 N–H and O–H groups in total. The van der Waals surface area contributed by atoms with E-state index in [-0.39, 0.29) is 5.91 Å². The molecule has 1 aromatic carbocycles. The van der Waals surface area contributed by atoms with Crippen molar-refractivity contribution in [1.29, 1.82) is 0 Å². The van der Waals surface area contributed by atoms with E-state index >= 15 is 0 Å². The summed E-state index contributed by atoms with van der Waals surface area (Å²) in [7, 11) is 4.64. The van der Waals surface area contributed by atoms with Crippen LogP contribution in [0.15, 0.2) is 23.7 Å². The number of hydrogen-bond acceptors (Lipinski definition) is 6. The maximum atomic E-state index is 12.9. The van der Waals surface area contributed by atoms with E-state index < -0.39 is 0 Å². The van der Waals surface area contributed by atoms with Crippen molar-refractivity contribution in [2.75, 3.05) is 34.4 Å². The van der Waals surface area contributed by atoms with Crippen molar-refractivity contribution in [3.63, 3.8) is 0 Å². The molecule has 0 radical (unpaired) electrons. The quantitative estimate of drug-likeness (QED) is 0.817. The van der Waals surface area contributed by atoms with E-state index in [9.17, 15) is 4.79 Å². The summed E-state index contributed by atoms with van der Waals surface area (Å²) < 4.78 is 16.0. The Hall–Kier alpha value is -2.28. The number of amides is 1. The number of benzene rings is 1. The number of likely N-dealkylation sites (tertiary alicyclic amines) is 1. The van der Waals surface area contributed by atoms with Crippen LogP contribution >= 0.6 is 11.3 Å². The van der Waals surface area contributed by atoms with Crippen LogP contribution in [0.5, 0.6) is 17.2 Å². The number of methoxy groups -OCH3 is 3. The Morgan fingerprint density at radius 3 is 2.24 bits per heavy atom. The monoisotopic (exact) mass is 362 g/mol. The van der Waals surface area contributed by atoms with Crippen molar-refractivity contribution in [1.82, 2.24) is 9.88 Å². The lowest BCUT2D eigenvalue weighted by molar-refractivity contribution is 0.0712. The summed E-state index contributed by atoms with van der Waals surface area (Å²) >= 11 is 1.69. The van der Waals surface area contributed by atoms with Gasteiger partial charge in [-0.25, -0.2) is 4.98 Å². The third-order valence-electron chi connectivity index (χ3n) is 4.49. The first kappa shape index (κ1) is 17.5. The molecule has 1 aliphatic rings. The van der Waals surface area contributed by atoms with Gasteiger partial charge in [-0.15, -0.1) is 11.3 Å². The lowest BCUT2D eigenvalue weighted by Crippen LogP contribution is -2.37. The number of rotatable bonds is 5. The predicted octanol–water partition coefficient (Wildman–Crippen LogP) is 3.19. The van der Waals surface area contributed by atoms with Crippen LogP contribution < -0.4 is 14.2 Å². The minimum atomic E-state index is -0.0168. The molecular formula is C18H22N2O4S. The lowest BCUT2D eigenvalue weighted by atomic mass is 9.97. The second kappa shape index (κ2) is 7.74. The number of aromatic nitrogens is 1. The van der Waals surface area contributed by atoms with Crippen molar-refractivity contribution in [2.24, 2.45) is 0 Å². The van der Waals surface area contributed by atoms with Gasteiger partial charge >= 0.3 is 0 Å². The van der Waals surface area contributed by atoms with E-state index in [1.165, 1.54) is 5.01 Å². The molecule has 6 nitrogen and oxygen atoms in total. The minimum absolute atomic E-state index is 0.0168. The van der Waals surface area contributed by atoms with Crippen LogP contribution in [0.2, 0.25) is 0 Å². The zero-order valence-electron chi connectivity index (χ0n) is 14.7. The smallest absolute Gasteiger partial charge is 0.254 e. The molecule has 7 heteroatoms. The van der Waals surface area contributed by atoms with E-state index in [4.69, 9.17) is 14.2 Å². The molecule has 0 unspecified atom stereocenters. The van der Waals surface area contributed by atoms with Gasteiger partial charge in [-0.3, -0.25) is 4.79 Å². The maximum absolute atomic E-state index is 12.9. The second-order valence-corrected chi connectivity index (χ2v) is 6.78. The van der Waals surface area contributed by atoms with Crippen LogP contribution in [0.4, 0.5) is 0 Å². The summed E-state index contributed by atoms with van der Waals surface area (Å²) in [6.45, 7) is 1.44. The van der Waals surface area contributed by atoms with Gasteiger partial charge in [0, 0.05) is 36.1 Å². The molecular weight excluding hydrogens is 340 g/mol. The van der Waals surface area contributed by atoms with Gasteiger partial charge in [0.25, 0.3) is 5.91 Å². The standard InChI is InChI=1S/C18H22N2O4S/c1-22-14-10-13(11-15(23-2)16(14)24-3)18(21)20-7-4-12(5-8-20)17-19-6-9-25-17/h6,9-12H,4-5,7-8H2,1-3H3. The van der Waals surface area contributed by atoms with E-state index in [1.807, 2.05) is 16.5 Å². The molecule has 0 spiro atoms. The average Bonchev–Trinajstić information content (AvgIpc) is 3.21. The highest BCUT2D eigenvalue weighted by molar-refractivity contribution is 7.09. The largest absolute Gasteiger partial charge is 0.493 e. The van der Waals surface area contributed by atoms with Crippen molar-refractivity contribution in [2.45, 2.75) is 18.8 Å². The van der Waals surface area contributed by atoms with E-state index in [1.54, 1.807) is 44.8 Å². The third kappa shape index (κ3) is 3.56. The van der Waals surface area contributed by atoms with Crippen LogP contribution in [0.3, 0.4) is 0 Å². The highest BCUT2D eigenvalue weighted by atomic mass is 32.1. The first-order valence-electron chi connectivity index (χ1n) is 8.16. The van der Waals surface area contributed by atoms with Crippen LogP contribution in [0.1, 0.15) is 34.1 Å². The second-order valence-electron chi connectivity index (χ2n) is 5.85. The molecule has 1 aliphatic heterocycles. The third-order valence-corrected chi connectivity index (χ3v) is 5.43. The fraction of sp³-hybridized carbons (Fsp3) is 0.444. The van der Waals surface area contributed by atoms with Gasteiger partial charge in [0.1, 0.15) is 0 Å². The van der Waals surface area contributed by atoms with Crippen LogP contribution in [-0.4, -0.2) is 50.2 Å². The molecule has 2 aromatic rings. The van der Waals surface area contributed by atoms with E-state index in [2.05, 4.69) is 4.98 Å². The molecule has 1 amide bonds. The summed E-state index contributed by atoms with van der Waals surface area (Å²) in [4.78, 5) is 19.2. The molecule has 1 aromatic heterocycles. The van der Waals surface area contributed by atoms with Crippen molar-refractivity contribution in [3.8, 4) is 17.2 Å². The highest BCUT2D eigenvalue weighted by Crippen LogP contribution is 2.39. The number of carbonyl (C=O) groups excluding carboxylic acids is 1. The van der Waals surface area contributed by atoms with E-state index in [0.717, 1.165) is 25.9 Å². The molecule has 1 saturated heterocycles. The zero-order valence-corrected chi connectivity index (χ0v) is 15.5. The summed E-state index contributed by atoms with van der Waals surface area (Å²) in [5.41, 5.74) is 0.544. The van der Waals surface area contributed by atoms with Crippen molar-refractivity contribution in [3.05, 3.63) is 34.3 Å². The Balaban J connectivity index is 1.75. The predicted molar refractivity (Wildman–Crippen MR) is 96.1 cm³/mol. The molecule has 0 saturated carbocycles. The maximum Gasteiger partial charge on any atom is 0.254 e. The lowest BCUT2D eigenvalue weighted by Gasteiger charge is -2.31. The van der Waals surface area contributed by atoms with E-state index in [0.29, 0.717) is 28.7 Å². The molecule has 2 heterocycles. The minimum Gasteiger partial charge on any atom is -0.493 e. The van der Waals surface area contributed by atoms with Gasteiger partial charge in [0.2, 0.25) is 5.75 Å². The summed E-state index contributed by atoms with van der Waals surface area (Å²) in [6, 6.07) is 3.41. The summed E-state index contributed by atoms with van der Waals surface area (Å²) in [5, 5.41) is 3.17. The normalized spacial score (nSPS) is 15.1. The Bertz CT molecular complexity index is 700. The number of nitrogens with zero attached hydrogens (tertiary/aromatic N) is 2.